The number of rotatable bonds is 7. The molecule has 0 aliphatic heterocycles. The summed E-state index contributed by atoms with van der Waals surface area (Å²) in [7, 11) is 1.69. The molecule has 0 spiro atoms. The van der Waals surface area contributed by atoms with Gasteiger partial charge in [-0.25, -0.2) is 0 Å². The summed E-state index contributed by atoms with van der Waals surface area (Å²) in [5.74, 6) is 1.55. The predicted molar refractivity (Wildman–Crippen MR) is 84.3 cm³/mol. The Bertz CT molecular complexity index is 450. The van der Waals surface area contributed by atoms with Gasteiger partial charge in [0.05, 0.1) is 4.92 Å². The average Bonchev–Trinajstić information content (AvgIpc) is 2.37. The van der Waals surface area contributed by atoms with Crippen LogP contribution < -0.4 is 10.6 Å². The molecule has 0 fully saturated rings. The summed E-state index contributed by atoms with van der Waals surface area (Å²) in [5.41, 5.74) is 1.22. The molecule has 0 atom stereocenters. The predicted octanol–water partition coefficient (Wildman–Crippen LogP) is 3.98. The van der Waals surface area contributed by atoms with Crippen molar-refractivity contribution in [3.05, 3.63) is 28.3 Å². The Balaban J connectivity index is 2.95. The van der Waals surface area contributed by atoms with Crippen LogP contribution in [0.5, 0.6) is 0 Å². The van der Waals surface area contributed by atoms with E-state index >= 15 is 0 Å². The van der Waals surface area contributed by atoms with Crippen molar-refractivity contribution in [3.63, 3.8) is 0 Å². The first-order chi connectivity index (χ1) is 9.38. The normalized spacial score (nSPS) is 11.2. The van der Waals surface area contributed by atoms with Gasteiger partial charge in [-0.2, -0.15) is 0 Å². The zero-order valence-electron chi connectivity index (χ0n) is 12.9. The SMILES string of the molecule is CNc1cccc(NCC(C(C)C)C(C)C)c1[N+](=O)[O-]. The van der Waals surface area contributed by atoms with E-state index in [1.807, 2.05) is 6.07 Å². The smallest absolute Gasteiger partial charge is 0.315 e. The third-order valence-electron chi connectivity index (χ3n) is 3.73. The van der Waals surface area contributed by atoms with Crippen molar-refractivity contribution >= 4 is 17.1 Å². The van der Waals surface area contributed by atoms with Crippen LogP contribution in [0.3, 0.4) is 0 Å². The summed E-state index contributed by atoms with van der Waals surface area (Å²) in [6, 6.07) is 5.29. The van der Waals surface area contributed by atoms with E-state index in [1.54, 1.807) is 19.2 Å². The maximum atomic E-state index is 11.2. The lowest BCUT2D eigenvalue weighted by Gasteiger charge is -2.25. The summed E-state index contributed by atoms with van der Waals surface area (Å²) < 4.78 is 0. The third-order valence-corrected chi connectivity index (χ3v) is 3.73. The van der Waals surface area contributed by atoms with Crippen molar-refractivity contribution in [1.82, 2.24) is 0 Å². The fraction of sp³-hybridized carbons (Fsp3) is 0.600. The Kier molecular flexibility index (Phi) is 5.80. The molecule has 0 saturated carbocycles. The van der Waals surface area contributed by atoms with Crippen LogP contribution in [-0.4, -0.2) is 18.5 Å². The zero-order chi connectivity index (χ0) is 15.3. The van der Waals surface area contributed by atoms with E-state index in [0.717, 1.165) is 6.54 Å². The lowest BCUT2D eigenvalue weighted by atomic mass is 9.85. The van der Waals surface area contributed by atoms with E-state index in [1.165, 1.54) is 0 Å². The maximum absolute atomic E-state index is 11.2. The van der Waals surface area contributed by atoms with Crippen LogP contribution >= 0.6 is 0 Å². The molecule has 5 nitrogen and oxygen atoms in total. The largest absolute Gasteiger partial charge is 0.382 e. The van der Waals surface area contributed by atoms with Crippen LogP contribution in [0, 0.1) is 27.9 Å². The molecule has 0 heterocycles. The van der Waals surface area contributed by atoms with E-state index in [-0.39, 0.29) is 10.6 Å². The van der Waals surface area contributed by atoms with Crippen molar-refractivity contribution < 1.29 is 4.92 Å². The van der Waals surface area contributed by atoms with Gasteiger partial charge >= 0.3 is 5.69 Å². The van der Waals surface area contributed by atoms with Gasteiger partial charge in [-0.05, 0) is 29.9 Å². The first kappa shape index (κ1) is 16.3. The number of para-hydroxylation sites is 1. The average molecular weight is 279 g/mol. The molecule has 1 aromatic carbocycles. The van der Waals surface area contributed by atoms with Gasteiger partial charge in [0, 0.05) is 13.6 Å². The summed E-state index contributed by atoms with van der Waals surface area (Å²) in [4.78, 5) is 10.9. The maximum Gasteiger partial charge on any atom is 0.315 e. The molecule has 2 N–H and O–H groups in total. The minimum atomic E-state index is -0.339. The number of hydrogen-bond donors (Lipinski definition) is 2. The lowest BCUT2D eigenvalue weighted by Crippen LogP contribution is -2.24. The standard InChI is InChI=1S/C15H25N3O2/c1-10(2)12(11(3)4)9-17-14-8-6-7-13(16-5)15(14)18(19)20/h6-8,10-12,16-17H,9H2,1-5H3. The van der Waals surface area contributed by atoms with Gasteiger partial charge < -0.3 is 10.6 Å². The second-order valence-corrected chi connectivity index (χ2v) is 5.74. The topological polar surface area (TPSA) is 67.2 Å². The molecule has 20 heavy (non-hydrogen) atoms. The van der Waals surface area contributed by atoms with Crippen molar-refractivity contribution in [2.45, 2.75) is 27.7 Å². The van der Waals surface area contributed by atoms with E-state index in [4.69, 9.17) is 0 Å². The Morgan fingerprint density at radius 1 is 1.15 bits per heavy atom. The number of benzene rings is 1. The number of anilines is 2. The Labute approximate surface area is 120 Å². The summed E-state index contributed by atoms with van der Waals surface area (Å²) >= 11 is 0. The van der Waals surface area contributed by atoms with E-state index in [9.17, 15) is 10.1 Å². The third kappa shape index (κ3) is 3.85. The minimum Gasteiger partial charge on any atom is -0.382 e. The highest BCUT2D eigenvalue weighted by Gasteiger charge is 2.22. The number of hydrogen-bond acceptors (Lipinski definition) is 4. The molecule has 0 aliphatic carbocycles. The number of nitrogens with one attached hydrogen (secondary N) is 2. The first-order valence-electron chi connectivity index (χ1n) is 7.07. The quantitative estimate of drug-likeness (QED) is 0.585. The van der Waals surface area contributed by atoms with Crippen molar-refractivity contribution in [2.24, 2.45) is 17.8 Å². The van der Waals surface area contributed by atoms with Gasteiger partial charge in [0.25, 0.3) is 0 Å². The number of nitro groups is 1. The molecule has 0 aromatic heterocycles. The highest BCUT2D eigenvalue weighted by Crippen LogP contribution is 2.33. The summed E-state index contributed by atoms with van der Waals surface area (Å²) in [5, 5.41) is 17.4. The van der Waals surface area contributed by atoms with Crippen LogP contribution in [0.15, 0.2) is 18.2 Å². The molecule has 1 aromatic rings. The highest BCUT2D eigenvalue weighted by atomic mass is 16.6. The second-order valence-electron chi connectivity index (χ2n) is 5.74. The van der Waals surface area contributed by atoms with Gasteiger partial charge in [0.15, 0.2) is 0 Å². The molecule has 0 aliphatic rings. The fourth-order valence-corrected chi connectivity index (χ4v) is 2.55. The number of nitro benzene ring substituents is 1. The molecular weight excluding hydrogens is 254 g/mol. The van der Waals surface area contributed by atoms with E-state index in [0.29, 0.717) is 29.1 Å². The monoisotopic (exact) mass is 279 g/mol. The molecule has 5 heteroatoms. The molecule has 1 rings (SSSR count). The molecule has 0 radical (unpaired) electrons. The first-order valence-corrected chi connectivity index (χ1v) is 7.07. The lowest BCUT2D eigenvalue weighted by molar-refractivity contribution is -0.383. The molecule has 0 saturated heterocycles. The molecule has 0 unspecified atom stereocenters. The van der Waals surface area contributed by atoms with Crippen LogP contribution in [-0.2, 0) is 0 Å². The molecule has 112 valence electrons. The summed E-state index contributed by atoms with van der Waals surface area (Å²) in [6.07, 6.45) is 0. The Morgan fingerprint density at radius 2 is 1.70 bits per heavy atom. The van der Waals surface area contributed by atoms with Crippen molar-refractivity contribution in [1.29, 1.82) is 0 Å². The molecule has 0 amide bonds. The van der Waals surface area contributed by atoms with Gasteiger partial charge in [0.1, 0.15) is 11.4 Å². The van der Waals surface area contributed by atoms with Crippen molar-refractivity contribution in [3.8, 4) is 0 Å². The van der Waals surface area contributed by atoms with Gasteiger partial charge in [-0.1, -0.05) is 33.8 Å². The van der Waals surface area contributed by atoms with Gasteiger partial charge in [0.2, 0.25) is 0 Å². The zero-order valence-corrected chi connectivity index (χ0v) is 12.9. The van der Waals surface area contributed by atoms with E-state index < -0.39 is 0 Å². The van der Waals surface area contributed by atoms with Crippen LogP contribution in [0.2, 0.25) is 0 Å². The van der Waals surface area contributed by atoms with Gasteiger partial charge in [-0.3, -0.25) is 10.1 Å². The fourth-order valence-electron chi connectivity index (χ4n) is 2.55. The van der Waals surface area contributed by atoms with Crippen molar-refractivity contribution in [2.75, 3.05) is 24.2 Å². The Morgan fingerprint density at radius 3 is 2.15 bits per heavy atom. The Hall–Kier alpha value is -1.78. The highest BCUT2D eigenvalue weighted by molar-refractivity contribution is 5.75. The molecule has 0 bridgehead atoms. The van der Waals surface area contributed by atoms with Crippen LogP contribution in [0.25, 0.3) is 0 Å². The second kappa shape index (κ2) is 7.12. The van der Waals surface area contributed by atoms with Crippen LogP contribution in [0.1, 0.15) is 27.7 Å². The van der Waals surface area contributed by atoms with E-state index in [2.05, 4.69) is 38.3 Å². The molecular formula is C15H25N3O2. The minimum absolute atomic E-state index is 0.112. The number of nitrogens with zero attached hydrogens (tertiary/aromatic N) is 1. The van der Waals surface area contributed by atoms with Gasteiger partial charge in [-0.15, -0.1) is 0 Å². The summed E-state index contributed by atoms with van der Waals surface area (Å²) in [6.45, 7) is 9.48. The van der Waals surface area contributed by atoms with Crippen LogP contribution in [0.4, 0.5) is 17.1 Å².